The van der Waals surface area contributed by atoms with E-state index in [1.165, 1.54) is 16.7 Å². The van der Waals surface area contributed by atoms with Gasteiger partial charge in [-0.3, -0.25) is 24.5 Å². The predicted octanol–water partition coefficient (Wildman–Crippen LogP) is 0.753. The molecule has 3 rings (SSSR count). The molecule has 7 nitrogen and oxygen atoms in total. The largest absolute Gasteiger partial charge is 0.330 e. The fraction of sp³-hybridized carbons (Fsp3) is 0.375. The third-order valence-electron chi connectivity index (χ3n) is 4.05. The second-order valence-corrected chi connectivity index (χ2v) is 6.85. The molecule has 0 aliphatic carbocycles. The van der Waals surface area contributed by atoms with Crippen molar-refractivity contribution in [2.75, 3.05) is 11.9 Å². The van der Waals surface area contributed by atoms with E-state index < -0.39 is 17.2 Å². The number of rotatable bonds is 4. The summed E-state index contributed by atoms with van der Waals surface area (Å²) in [7, 11) is 0. The highest BCUT2D eigenvalue weighted by Gasteiger charge is 2.38. The summed E-state index contributed by atoms with van der Waals surface area (Å²) in [6, 6.07) is 6.62. The van der Waals surface area contributed by atoms with E-state index in [1.54, 1.807) is 6.92 Å². The molecular weight excluding hydrogens is 330 g/mol. The molecule has 2 heterocycles. The van der Waals surface area contributed by atoms with Crippen LogP contribution in [-0.2, 0) is 19.2 Å². The number of para-hydroxylation sites is 1. The van der Waals surface area contributed by atoms with Gasteiger partial charge < -0.3 is 10.2 Å². The number of carbonyl (C=O) groups is 4. The first-order chi connectivity index (χ1) is 11.5. The lowest BCUT2D eigenvalue weighted by molar-refractivity contribution is -0.139. The minimum absolute atomic E-state index is 0.0172. The van der Waals surface area contributed by atoms with Crippen molar-refractivity contribution in [2.24, 2.45) is 0 Å². The van der Waals surface area contributed by atoms with Crippen molar-refractivity contribution in [3.8, 4) is 0 Å². The van der Waals surface area contributed by atoms with Crippen LogP contribution in [0.5, 0.6) is 0 Å². The normalized spacial score (nSPS) is 22.6. The molecule has 1 saturated heterocycles. The molecule has 2 aliphatic heterocycles. The molecular formula is C16H17N3O4S. The van der Waals surface area contributed by atoms with Crippen molar-refractivity contribution in [1.29, 1.82) is 0 Å². The summed E-state index contributed by atoms with van der Waals surface area (Å²) in [5.41, 5.74) is 0.740. The van der Waals surface area contributed by atoms with Crippen LogP contribution >= 0.6 is 11.8 Å². The van der Waals surface area contributed by atoms with Crippen molar-refractivity contribution in [3.05, 3.63) is 24.3 Å². The Morgan fingerprint density at radius 3 is 2.62 bits per heavy atom. The van der Waals surface area contributed by atoms with Crippen LogP contribution in [0.15, 0.2) is 29.2 Å². The zero-order valence-corrected chi connectivity index (χ0v) is 13.9. The smallest absolute Gasteiger partial charge is 0.249 e. The molecule has 2 atom stereocenters. The number of hydrogen-bond donors (Lipinski definition) is 2. The first-order valence-electron chi connectivity index (χ1n) is 7.69. The number of anilines is 1. The summed E-state index contributed by atoms with van der Waals surface area (Å²) >= 11 is 1.34. The first kappa shape index (κ1) is 16.5. The van der Waals surface area contributed by atoms with Gasteiger partial charge >= 0.3 is 0 Å². The molecule has 0 saturated carbocycles. The SMILES string of the molecule is CCN(C(=O)C[C@H]1Sc2ccccc2NC1=O)[C@H]1CC(=O)NC1=O. The maximum absolute atomic E-state index is 12.6. The van der Waals surface area contributed by atoms with Gasteiger partial charge in [0.1, 0.15) is 6.04 Å². The van der Waals surface area contributed by atoms with Gasteiger partial charge in [0, 0.05) is 17.9 Å². The van der Waals surface area contributed by atoms with Gasteiger partial charge in [0.2, 0.25) is 23.6 Å². The van der Waals surface area contributed by atoms with Gasteiger partial charge in [0.25, 0.3) is 0 Å². The van der Waals surface area contributed by atoms with Crippen LogP contribution in [0.25, 0.3) is 0 Å². The zero-order valence-electron chi connectivity index (χ0n) is 13.1. The first-order valence-corrected chi connectivity index (χ1v) is 8.57. The topological polar surface area (TPSA) is 95.6 Å². The zero-order chi connectivity index (χ0) is 17.3. The number of hydrogen-bond acceptors (Lipinski definition) is 5. The highest BCUT2D eigenvalue weighted by Crippen LogP contribution is 2.36. The van der Waals surface area contributed by atoms with Crippen molar-refractivity contribution in [3.63, 3.8) is 0 Å². The van der Waals surface area contributed by atoms with Crippen LogP contribution < -0.4 is 10.6 Å². The maximum atomic E-state index is 12.6. The number of nitrogens with one attached hydrogen (secondary N) is 2. The minimum atomic E-state index is -0.779. The van der Waals surface area contributed by atoms with Gasteiger partial charge in [-0.2, -0.15) is 0 Å². The molecule has 2 N–H and O–H groups in total. The van der Waals surface area contributed by atoms with Crippen molar-refractivity contribution >= 4 is 41.1 Å². The Morgan fingerprint density at radius 2 is 1.96 bits per heavy atom. The number of likely N-dealkylation sites (N-methyl/N-ethyl adjacent to an activating group) is 1. The highest BCUT2D eigenvalue weighted by atomic mass is 32.2. The third kappa shape index (κ3) is 3.14. The molecule has 0 aromatic heterocycles. The third-order valence-corrected chi connectivity index (χ3v) is 5.32. The van der Waals surface area contributed by atoms with Gasteiger partial charge in [-0.25, -0.2) is 0 Å². The summed E-state index contributed by atoms with van der Waals surface area (Å²) in [4.78, 5) is 50.2. The summed E-state index contributed by atoms with van der Waals surface area (Å²) in [6.45, 7) is 2.05. The predicted molar refractivity (Wildman–Crippen MR) is 88.3 cm³/mol. The van der Waals surface area contributed by atoms with E-state index in [1.807, 2.05) is 24.3 Å². The Hall–Kier alpha value is -2.35. The summed E-state index contributed by atoms with van der Waals surface area (Å²) in [5, 5.41) is 4.45. The van der Waals surface area contributed by atoms with Gasteiger partial charge in [0.05, 0.1) is 17.4 Å². The maximum Gasteiger partial charge on any atom is 0.249 e. The number of fused-ring (bicyclic) bond motifs is 1. The Bertz CT molecular complexity index is 721. The molecule has 1 fully saturated rings. The molecule has 0 spiro atoms. The van der Waals surface area contributed by atoms with Crippen LogP contribution in [-0.4, -0.2) is 46.4 Å². The van der Waals surface area contributed by atoms with Gasteiger partial charge in [0.15, 0.2) is 0 Å². The van der Waals surface area contributed by atoms with Crippen LogP contribution in [0, 0.1) is 0 Å². The molecule has 1 aromatic rings. The molecule has 0 radical (unpaired) electrons. The fourth-order valence-electron chi connectivity index (χ4n) is 2.87. The van der Waals surface area contributed by atoms with Crippen molar-refractivity contribution in [1.82, 2.24) is 10.2 Å². The summed E-state index contributed by atoms with van der Waals surface area (Å²) in [6.07, 6.45) is -0.0398. The summed E-state index contributed by atoms with van der Waals surface area (Å²) < 4.78 is 0. The van der Waals surface area contributed by atoms with Crippen LogP contribution in [0.4, 0.5) is 5.69 Å². The fourth-order valence-corrected chi connectivity index (χ4v) is 3.97. The van der Waals surface area contributed by atoms with E-state index >= 15 is 0 Å². The Morgan fingerprint density at radius 1 is 1.21 bits per heavy atom. The molecule has 0 bridgehead atoms. The van der Waals surface area contributed by atoms with Gasteiger partial charge in [-0.15, -0.1) is 11.8 Å². The van der Waals surface area contributed by atoms with E-state index in [-0.39, 0.29) is 30.6 Å². The quantitative estimate of drug-likeness (QED) is 0.784. The number of imide groups is 1. The van der Waals surface area contributed by atoms with Crippen molar-refractivity contribution < 1.29 is 19.2 Å². The Kier molecular flexibility index (Phi) is 4.57. The van der Waals surface area contributed by atoms with Crippen molar-refractivity contribution in [2.45, 2.75) is 36.0 Å². The van der Waals surface area contributed by atoms with Crippen LogP contribution in [0.1, 0.15) is 19.8 Å². The number of carbonyl (C=O) groups excluding carboxylic acids is 4. The molecule has 2 aliphatic rings. The monoisotopic (exact) mass is 347 g/mol. The van der Waals surface area contributed by atoms with Gasteiger partial charge in [-0.05, 0) is 19.1 Å². The van der Waals surface area contributed by atoms with Crippen LogP contribution in [0.2, 0.25) is 0 Å². The van der Waals surface area contributed by atoms with E-state index in [0.29, 0.717) is 6.54 Å². The lowest BCUT2D eigenvalue weighted by atomic mass is 10.1. The number of nitrogens with zero attached hydrogens (tertiary/aromatic N) is 1. The second kappa shape index (κ2) is 6.64. The molecule has 24 heavy (non-hydrogen) atoms. The average molecular weight is 347 g/mol. The van der Waals surface area contributed by atoms with E-state index in [2.05, 4.69) is 10.6 Å². The summed E-state index contributed by atoms with van der Waals surface area (Å²) in [5.74, 6) is -1.37. The van der Waals surface area contributed by atoms with Crippen LogP contribution in [0.3, 0.4) is 0 Å². The number of amides is 4. The molecule has 4 amide bonds. The van der Waals surface area contributed by atoms with E-state index in [4.69, 9.17) is 0 Å². The van der Waals surface area contributed by atoms with E-state index in [0.717, 1.165) is 10.6 Å². The molecule has 1 aromatic carbocycles. The Labute approximate surface area is 143 Å². The number of thioether (sulfide) groups is 1. The van der Waals surface area contributed by atoms with Gasteiger partial charge in [-0.1, -0.05) is 12.1 Å². The lowest BCUT2D eigenvalue weighted by Crippen LogP contribution is -2.46. The highest BCUT2D eigenvalue weighted by molar-refractivity contribution is 8.01. The second-order valence-electron chi connectivity index (χ2n) is 5.61. The lowest BCUT2D eigenvalue weighted by Gasteiger charge is -2.28. The molecule has 126 valence electrons. The average Bonchev–Trinajstić information content (AvgIpc) is 2.87. The Balaban J connectivity index is 1.71. The molecule has 8 heteroatoms. The standard InChI is InChI=1S/C16H17N3O4S/c1-2-19(10-7-13(20)18-15(10)22)14(21)8-12-16(23)17-9-5-3-4-6-11(9)24-12/h3-6,10,12H,2,7-8H2,1H3,(H,17,23)(H,18,20,22)/t10-,12+/m0/s1. The van der Waals surface area contributed by atoms with E-state index in [9.17, 15) is 19.2 Å². The number of benzene rings is 1. The molecule has 0 unspecified atom stereocenters. The minimum Gasteiger partial charge on any atom is -0.330 e.